The second-order valence-corrected chi connectivity index (χ2v) is 10.4. The predicted molar refractivity (Wildman–Crippen MR) is 123 cm³/mol. The number of alkyl carbamates (subject to hydrolysis) is 1. The summed E-state index contributed by atoms with van der Waals surface area (Å²) in [5, 5.41) is 15.7. The molecule has 0 aromatic rings. The molecule has 0 aromatic carbocycles. The van der Waals surface area contributed by atoms with Crippen LogP contribution in [0.25, 0.3) is 0 Å². The molecule has 190 valence electrons. The summed E-state index contributed by atoms with van der Waals surface area (Å²) in [5.74, 6) is -1.67. The molecular weight excluding hydrogens is 442 g/mol. The summed E-state index contributed by atoms with van der Waals surface area (Å²) in [6.07, 6.45) is 6.45. The van der Waals surface area contributed by atoms with E-state index >= 15 is 0 Å². The number of rotatable bonds is 2. The van der Waals surface area contributed by atoms with Crippen LogP contribution in [0.4, 0.5) is 4.79 Å². The molecule has 2 aliphatic heterocycles. The minimum atomic E-state index is -1.15. The Kier molecular flexibility index (Phi) is 7.90. The highest BCUT2D eigenvalue weighted by Crippen LogP contribution is 2.46. The van der Waals surface area contributed by atoms with Gasteiger partial charge in [0, 0.05) is 18.9 Å². The molecule has 3 amide bonds. The molecule has 0 aromatic heterocycles. The van der Waals surface area contributed by atoms with E-state index in [4.69, 9.17) is 9.47 Å². The van der Waals surface area contributed by atoms with Crippen LogP contribution in [0, 0.1) is 5.92 Å². The normalized spacial score (nSPS) is 33.4. The number of allylic oxidation sites excluding steroid dienone is 1. The highest BCUT2D eigenvalue weighted by atomic mass is 16.6. The molecule has 0 unspecified atom stereocenters. The molecular formula is C24H37N3O7. The van der Waals surface area contributed by atoms with Gasteiger partial charge < -0.3 is 30.1 Å². The number of carbonyl (C=O) groups is 4. The molecule has 10 nitrogen and oxygen atoms in total. The zero-order valence-electron chi connectivity index (χ0n) is 20.5. The van der Waals surface area contributed by atoms with Crippen molar-refractivity contribution in [2.24, 2.45) is 5.92 Å². The highest BCUT2D eigenvalue weighted by Gasteiger charge is 2.62. The van der Waals surface area contributed by atoms with E-state index in [0.717, 1.165) is 19.3 Å². The maximum absolute atomic E-state index is 13.5. The smallest absolute Gasteiger partial charge is 0.408 e. The predicted octanol–water partition coefficient (Wildman–Crippen LogP) is 1.41. The van der Waals surface area contributed by atoms with Gasteiger partial charge in [-0.3, -0.25) is 9.59 Å². The number of amides is 3. The van der Waals surface area contributed by atoms with Gasteiger partial charge in [-0.05, 0) is 46.5 Å². The van der Waals surface area contributed by atoms with Crippen molar-refractivity contribution in [3.05, 3.63) is 12.2 Å². The molecule has 34 heavy (non-hydrogen) atoms. The van der Waals surface area contributed by atoms with Gasteiger partial charge in [0.15, 0.2) is 0 Å². The van der Waals surface area contributed by atoms with Crippen LogP contribution in [0.1, 0.15) is 65.7 Å². The van der Waals surface area contributed by atoms with Crippen molar-refractivity contribution in [3.63, 3.8) is 0 Å². The van der Waals surface area contributed by atoms with Gasteiger partial charge in [-0.2, -0.15) is 0 Å². The molecule has 10 heteroatoms. The van der Waals surface area contributed by atoms with Crippen molar-refractivity contribution in [2.75, 3.05) is 13.7 Å². The van der Waals surface area contributed by atoms with E-state index in [2.05, 4.69) is 10.6 Å². The Labute approximate surface area is 200 Å². The van der Waals surface area contributed by atoms with Crippen molar-refractivity contribution in [1.29, 1.82) is 0 Å². The van der Waals surface area contributed by atoms with Crippen molar-refractivity contribution in [2.45, 2.75) is 95.0 Å². The lowest BCUT2D eigenvalue weighted by atomic mass is 10.0. The molecule has 2 fully saturated rings. The van der Waals surface area contributed by atoms with E-state index in [1.165, 1.54) is 12.0 Å². The van der Waals surface area contributed by atoms with Gasteiger partial charge in [0.25, 0.3) is 0 Å². The van der Waals surface area contributed by atoms with E-state index in [9.17, 15) is 24.3 Å². The zero-order valence-corrected chi connectivity index (χ0v) is 20.5. The number of aliphatic hydroxyl groups excluding tert-OH is 1. The van der Waals surface area contributed by atoms with Crippen molar-refractivity contribution >= 4 is 23.9 Å². The molecule has 2 heterocycles. The summed E-state index contributed by atoms with van der Waals surface area (Å²) in [4.78, 5) is 53.0. The fraction of sp³-hybridized carbons (Fsp3) is 0.750. The summed E-state index contributed by atoms with van der Waals surface area (Å²) in [6, 6.07) is -1.85. The largest absolute Gasteiger partial charge is 0.467 e. The lowest BCUT2D eigenvalue weighted by Crippen LogP contribution is -2.56. The molecule has 5 atom stereocenters. The van der Waals surface area contributed by atoms with Gasteiger partial charge in [-0.15, -0.1) is 0 Å². The summed E-state index contributed by atoms with van der Waals surface area (Å²) < 4.78 is 10.3. The molecule has 0 radical (unpaired) electrons. The number of nitrogens with one attached hydrogen (secondary N) is 2. The monoisotopic (exact) mass is 479 g/mol. The third-order valence-corrected chi connectivity index (χ3v) is 6.50. The Bertz CT molecular complexity index is 837. The molecule has 3 N–H and O–H groups in total. The van der Waals surface area contributed by atoms with Gasteiger partial charge >= 0.3 is 12.1 Å². The number of esters is 1. The lowest BCUT2D eigenvalue weighted by Gasteiger charge is -2.30. The SMILES string of the molecule is COC(=O)[C@@]12C[C@@H]1/C=C\CCCCC[C@H](NC(=O)OC(C)(C)C)C(=O)N1C[C@@H](O)C[C@H]1C(=O)N2. The van der Waals surface area contributed by atoms with Crippen LogP contribution < -0.4 is 10.6 Å². The van der Waals surface area contributed by atoms with E-state index in [1.54, 1.807) is 20.8 Å². The minimum absolute atomic E-state index is 0.0298. The van der Waals surface area contributed by atoms with Gasteiger partial charge in [-0.1, -0.05) is 25.0 Å². The third-order valence-electron chi connectivity index (χ3n) is 6.50. The average Bonchev–Trinajstić information content (AvgIpc) is 3.29. The number of carbonyl (C=O) groups excluding carboxylic acids is 4. The number of nitrogens with zero attached hydrogens (tertiary/aromatic N) is 1. The maximum Gasteiger partial charge on any atom is 0.408 e. The van der Waals surface area contributed by atoms with Gasteiger partial charge in [0.1, 0.15) is 23.2 Å². The first-order chi connectivity index (χ1) is 16.0. The first kappa shape index (κ1) is 26.0. The molecule has 1 saturated carbocycles. The average molecular weight is 480 g/mol. The molecule has 3 rings (SSSR count). The van der Waals surface area contributed by atoms with E-state index < -0.39 is 53.2 Å². The van der Waals surface area contributed by atoms with Crippen LogP contribution >= 0.6 is 0 Å². The third kappa shape index (κ3) is 6.08. The van der Waals surface area contributed by atoms with Crippen LogP contribution in [0.3, 0.4) is 0 Å². The van der Waals surface area contributed by atoms with Crippen molar-refractivity contribution in [1.82, 2.24) is 15.5 Å². The maximum atomic E-state index is 13.5. The van der Waals surface area contributed by atoms with Gasteiger partial charge in [-0.25, -0.2) is 9.59 Å². The summed E-state index contributed by atoms with van der Waals surface area (Å²) >= 11 is 0. The van der Waals surface area contributed by atoms with Crippen LogP contribution in [-0.4, -0.2) is 76.9 Å². The summed E-state index contributed by atoms with van der Waals surface area (Å²) in [7, 11) is 1.28. The van der Waals surface area contributed by atoms with Gasteiger partial charge in [0.05, 0.1) is 13.2 Å². The number of fused-ring (bicyclic) bond motifs is 2. The quantitative estimate of drug-likeness (QED) is 0.403. The number of aliphatic hydroxyl groups is 1. The topological polar surface area (TPSA) is 134 Å². The standard InChI is InChI=1S/C24H37N3O7/c1-23(2,3)34-22(32)25-17-11-9-7-5-6-8-10-15-13-24(15,21(31)33-4)26-19(29)18-12-16(28)14-27(18)20(17)30/h8,10,15-18,28H,5-7,9,11-14H2,1-4H3,(H,25,32)(H,26,29)/b10-8-/t15-,16-,17-,18-,24+/m0/s1. The molecule has 0 bridgehead atoms. The number of ether oxygens (including phenoxy) is 2. The zero-order chi connectivity index (χ0) is 25.1. The van der Waals surface area contributed by atoms with Crippen LogP contribution in [0.15, 0.2) is 12.2 Å². The highest BCUT2D eigenvalue weighted by molar-refractivity contribution is 5.96. The number of hydrogen-bond donors (Lipinski definition) is 3. The minimum Gasteiger partial charge on any atom is -0.467 e. The van der Waals surface area contributed by atoms with Crippen LogP contribution in [0.5, 0.6) is 0 Å². The molecule has 1 saturated heterocycles. The Morgan fingerprint density at radius 2 is 1.97 bits per heavy atom. The molecule has 3 aliphatic rings. The van der Waals surface area contributed by atoms with E-state index in [-0.39, 0.29) is 18.9 Å². The summed E-state index contributed by atoms with van der Waals surface area (Å²) in [5.41, 5.74) is -1.88. The van der Waals surface area contributed by atoms with E-state index in [1.807, 2.05) is 12.2 Å². The fourth-order valence-corrected chi connectivity index (χ4v) is 4.70. The summed E-state index contributed by atoms with van der Waals surface area (Å²) in [6.45, 7) is 5.17. The van der Waals surface area contributed by atoms with Crippen molar-refractivity contribution in [3.8, 4) is 0 Å². The number of methoxy groups -OCH3 is 1. The Morgan fingerprint density at radius 1 is 1.24 bits per heavy atom. The van der Waals surface area contributed by atoms with Crippen LogP contribution in [-0.2, 0) is 23.9 Å². The fourth-order valence-electron chi connectivity index (χ4n) is 4.70. The Morgan fingerprint density at radius 3 is 2.65 bits per heavy atom. The van der Waals surface area contributed by atoms with E-state index in [0.29, 0.717) is 19.3 Å². The Hall–Kier alpha value is -2.62. The Balaban J connectivity index is 1.84. The van der Waals surface area contributed by atoms with Crippen LogP contribution in [0.2, 0.25) is 0 Å². The van der Waals surface area contributed by atoms with Gasteiger partial charge in [0.2, 0.25) is 11.8 Å². The second kappa shape index (κ2) is 10.3. The molecule has 0 spiro atoms. The molecule has 1 aliphatic carbocycles. The first-order valence-corrected chi connectivity index (χ1v) is 12.0. The number of hydrogen-bond acceptors (Lipinski definition) is 7. The lowest BCUT2D eigenvalue weighted by molar-refractivity contribution is -0.148. The second-order valence-electron chi connectivity index (χ2n) is 10.4. The van der Waals surface area contributed by atoms with Crippen molar-refractivity contribution < 1.29 is 33.8 Å². The first-order valence-electron chi connectivity index (χ1n) is 12.0.